The number of imidazole rings is 1. The van der Waals surface area contributed by atoms with Crippen LogP contribution in [-0.4, -0.2) is 58.2 Å². The smallest absolute Gasteiger partial charge is 0.321 e. The van der Waals surface area contributed by atoms with Gasteiger partial charge in [0.25, 0.3) is 0 Å². The number of para-hydroxylation sites is 1. The Morgan fingerprint density at radius 1 is 1.09 bits per heavy atom. The van der Waals surface area contributed by atoms with E-state index in [1.165, 1.54) is 0 Å². The summed E-state index contributed by atoms with van der Waals surface area (Å²) in [6.07, 6.45) is 3.87. The number of hydrogen-bond donors (Lipinski definition) is 4. The molecule has 2 aliphatic rings. The number of rotatable bonds is 7. The molecule has 3 amide bonds. The van der Waals surface area contributed by atoms with E-state index in [4.69, 9.17) is 22.3 Å². The van der Waals surface area contributed by atoms with Gasteiger partial charge in [-0.25, -0.2) is 28.5 Å². The second-order valence-corrected chi connectivity index (χ2v) is 11.7. The van der Waals surface area contributed by atoms with Crippen LogP contribution in [0.1, 0.15) is 50.3 Å². The molecule has 1 aromatic heterocycles. The van der Waals surface area contributed by atoms with Gasteiger partial charge in [0.2, 0.25) is 17.8 Å². The number of aryl methyl sites for hydroxylation is 1. The molecule has 2 aromatic carbocycles. The van der Waals surface area contributed by atoms with Crippen molar-refractivity contribution in [3.63, 3.8) is 0 Å². The van der Waals surface area contributed by atoms with E-state index in [1.807, 2.05) is 34.9 Å². The maximum Gasteiger partial charge on any atom is 0.321 e. The molecular weight excluding hydrogens is 604 g/mol. The molecule has 0 bridgehead atoms. The molecule has 11 nitrogen and oxygen atoms in total. The first kappa shape index (κ1) is 31.9. The van der Waals surface area contributed by atoms with Crippen LogP contribution in [0.3, 0.4) is 0 Å². The van der Waals surface area contributed by atoms with E-state index in [0.717, 1.165) is 25.0 Å². The number of urea groups is 1. The number of hydrogen-bond acceptors (Lipinski definition) is 5. The van der Waals surface area contributed by atoms with Crippen LogP contribution in [-0.2, 0) is 4.79 Å². The van der Waals surface area contributed by atoms with Crippen molar-refractivity contribution in [3.05, 3.63) is 64.8 Å². The summed E-state index contributed by atoms with van der Waals surface area (Å²) < 4.78 is 30.4. The zero-order valence-electron chi connectivity index (χ0n) is 24.9. The highest BCUT2D eigenvalue weighted by Gasteiger charge is 2.31. The monoisotopic (exact) mass is 639 g/mol. The molecule has 1 atom stereocenters. The van der Waals surface area contributed by atoms with E-state index < -0.39 is 11.6 Å². The highest BCUT2D eigenvalue weighted by molar-refractivity contribution is 6.33. The summed E-state index contributed by atoms with van der Waals surface area (Å²) in [5, 5.41) is 8.98. The summed E-state index contributed by atoms with van der Waals surface area (Å²) in [4.78, 5) is 40.1. The molecule has 1 saturated carbocycles. The van der Waals surface area contributed by atoms with Crippen molar-refractivity contribution in [3.8, 4) is 0 Å². The Bertz CT molecular complexity index is 1570. The Kier molecular flexibility index (Phi) is 9.96. The minimum atomic E-state index is -0.868. The third-order valence-electron chi connectivity index (χ3n) is 8.19. The van der Waals surface area contributed by atoms with Crippen LogP contribution in [0, 0.1) is 24.5 Å². The van der Waals surface area contributed by atoms with E-state index in [2.05, 4.69) is 32.6 Å². The normalized spacial score (nSPS) is 20.4. The largest absolute Gasteiger partial charge is 0.369 e. The quantitative estimate of drug-likeness (QED) is 0.179. The number of piperidine rings is 1. The SMILES string of the molecule is C=NC(=N[C@@H]1CCCN(C(=O)Nc2ccccc2)C1)Nc1c(C)nc(Nc2c(F)cc(F)cc2Cl)n1C1CCC(C(N)=O)CC1. The number of halogens is 3. The Morgan fingerprint density at radius 3 is 2.49 bits per heavy atom. The van der Waals surface area contributed by atoms with E-state index in [1.54, 1.807) is 11.8 Å². The molecule has 2 heterocycles. The number of aliphatic imine (C=N–C) groups is 2. The van der Waals surface area contributed by atoms with Gasteiger partial charge < -0.3 is 26.6 Å². The lowest BCUT2D eigenvalue weighted by atomic mass is 9.85. The zero-order chi connectivity index (χ0) is 32.1. The average molecular weight is 640 g/mol. The number of carbonyl (C=O) groups is 2. The fourth-order valence-electron chi connectivity index (χ4n) is 5.89. The van der Waals surface area contributed by atoms with Gasteiger partial charge in [-0.05, 0) is 70.4 Å². The first-order valence-electron chi connectivity index (χ1n) is 14.8. The highest BCUT2D eigenvalue weighted by Crippen LogP contribution is 2.39. The van der Waals surface area contributed by atoms with Gasteiger partial charge in [-0.1, -0.05) is 29.8 Å². The van der Waals surface area contributed by atoms with Crippen LogP contribution < -0.4 is 21.7 Å². The summed E-state index contributed by atoms with van der Waals surface area (Å²) in [5.41, 5.74) is 6.72. The predicted molar refractivity (Wildman–Crippen MR) is 172 cm³/mol. The Hall–Kier alpha value is -4.52. The standard InChI is InChI=1S/C31H36ClF2N9O2/c1-18-28(41-29(36-2)38-22-9-6-14-42(17-22)31(45)39-21-7-4-3-5-8-21)43(23-12-10-19(11-13-23)27(35)44)30(37-18)40-26-24(32)15-20(33)16-25(26)34/h3-5,7-8,15-16,19,22-23H,2,6,9-14,17H2,1H3,(H2,35,44)(H,37,40)(H,38,41)(H,39,45)/t19?,22-,23?/m1/s1. The minimum absolute atomic E-state index is 0.117. The average Bonchev–Trinajstić information content (AvgIpc) is 3.33. The number of carbonyl (C=O) groups excluding carboxylic acids is 2. The lowest BCUT2D eigenvalue weighted by Gasteiger charge is -2.31. The van der Waals surface area contributed by atoms with Crippen molar-refractivity contribution in [1.82, 2.24) is 14.5 Å². The van der Waals surface area contributed by atoms with Crippen LogP contribution in [0.5, 0.6) is 0 Å². The molecule has 45 heavy (non-hydrogen) atoms. The third kappa shape index (κ3) is 7.59. The summed E-state index contributed by atoms with van der Waals surface area (Å²) in [6, 6.07) is 10.4. The summed E-state index contributed by atoms with van der Waals surface area (Å²) in [6.45, 7) is 6.48. The van der Waals surface area contributed by atoms with E-state index in [9.17, 15) is 18.4 Å². The number of nitrogens with two attached hydrogens (primary N) is 1. The maximum absolute atomic E-state index is 14.8. The molecule has 1 aliphatic heterocycles. The first-order valence-corrected chi connectivity index (χ1v) is 15.2. The summed E-state index contributed by atoms with van der Waals surface area (Å²) in [5.74, 6) is -1.19. The number of nitrogens with zero attached hydrogens (tertiary/aromatic N) is 5. The molecule has 3 aromatic rings. The van der Waals surface area contributed by atoms with E-state index in [0.29, 0.717) is 56.0 Å². The zero-order valence-corrected chi connectivity index (χ0v) is 25.7. The van der Waals surface area contributed by atoms with Gasteiger partial charge in [0.15, 0.2) is 5.82 Å². The molecule has 5 rings (SSSR count). The summed E-state index contributed by atoms with van der Waals surface area (Å²) >= 11 is 6.20. The number of amides is 3. The van der Waals surface area contributed by atoms with Crippen molar-refractivity contribution in [2.45, 2.75) is 57.5 Å². The van der Waals surface area contributed by atoms with Crippen LogP contribution in [0.25, 0.3) is 0 Å². The number of likely N-dealkylation sites (tertiary alicyclic amines) is 1. The van der Waals surface area contributed by atoms with Crippen LogP contribution in [0.15, 0.2) is 52.4 Å². The number of anilines is 4. The molecule has 238 valence electrons. The van der Waals surface area contributed by atoms with Crippen molar-refractivity contribution in [2.24, 2.45) is 21.6 Å². The van der Waals surface area contributed by atoms with Crippen molar-refractivity contribution in [1.29, 1.82) is 0 Å². The van der Waals surface area contributed by atoms with Crippen molar-refractivity contribution in [2.75, 3.05) is 29.0 Å². The van der Waals surface area contributed by atoms with Gasteiger partial charge in [0.1, 0.15) is 11.6 Å². The number of primary amides is 1. The number of guanidine groups is 1. The molecule has 14 heteroatoms. The molecule has 0 unspecified atom stereocenters. The molecule has 0 spiro atoms. The lowest BCUT2D eigenvalue weighted by Crippen LogP contribution is -2.44. The summed E-state index contributed by atoms with van der Waals surface area (Å²) in [7, 11) is 0. The van der Waals surface area contributed by atoms with Gasteiger partial charge in [0, 0.05) is 36.8 Å². The highest BCUT2D eigenvalue weighted by atomic mass is 35.5. The number of benzene rings is 2. The molecule has 2 fully saturated rings. The van der Waals surface area contributed by atoms with Gasteiger partial charge in [-0.3, -0.25) is 9.36 Å². The van der Waals surface area contributed by atoms with Crippen LogP contribution in [0.4, 0.5) is 36.7 Å². The second-order valence-electron chi connectivity index (χ2n) is 11.3. The fourth-order valence-corrected chi connectivity index (χ4v) is 6.13. The lowest BCUT2D eigenvalue weighted by molar-refractivity contribution is -0.122. The van der Waals surface area contributed by atoms with Gasteiger partial charge in [0.05, 0.1) is 22.4 Å². The molecule has 0 radical (unpaired) electrons. The van der Waals surface area contributed by atoms with Crippen LogP contribution in [0.2, 0.25) is 5.02 Å². The van der Waals surface area contributed by atoms with Crippen molar-refractivity contribution >= 4 is 59.4 Å². The van der Waals surface area contributed by atoms with E-state index in [-0.39, 0.29) is 52.6 Å². The van der Waals surface area contributed by atoms with Crippen molar-refractivity contribution < 1.29 is 18.4 Å². The Labute approximate surface area is 265 Å². The van der Waals surface area contributed by atoms with E-state index >= 15 is 0 Å². The topological polar surface area (TPSA) is 142 Å². The molecule has 1 aliphatic carbocycles. The number of aromatic nitrogens is 2. The second kappa shape index (κ2) is 14.1. The molecule has 5 N–H and O–H groups in total. The Morgan fingerprint density at radius 2 is 1.82 bits per heavy atom. The fraction of sp³-hybridized carbons (Fsp3) is 0.387. The minimum Gasteiger partial charge on any atom is -0.369 e. The third-order valence-corrected chi connectivity index (χ3v) is 8.49. The predicted octanol–water partition coefficient (Wildman–Crippen LogP) is 6.25. The first-order chi connectivity index (χ1) is 21.6. The molecule has 1 saturated heterocycles. The molecular formula is C31H36ClF2N9O2. The maximum atomic E-state index is 14.8. The van der Waals surface area contributed by atoms with Gasteiger partial charge in [-0.2, -0.15) is 0 Å². The van der Waals surface area contributed by atoms with Gasteiger partial charge in [-0.15, -0.1) is 0 Å². The van der Waals surface area contributed by atoms with Crippen LogP contribution >= 0.6 is 11.6 Å². The number of nitrogens with one attached hydrogen (secondary N) is 3. The van der Waals surface area contributed by atoms with Gasteiger partial charge >= 0.3 is 6.03 Å². The Balaban J connectivity index is 1.40.